The van der Waals surface area contributed by atoms with Crippen LogP contribution in [-0.2, 0) is 16.9 Å². The maximum atomic E-state index is 5.69. The summed E-state index contributed by atoms with van der Waals surface area (Å²) >= 11 is 0. The molecule has 0 aromatic carbocycles. The van der Waals surface area contributed by atoms with Gasteiger partial charge in [-0.2, -0.15) is 4.98 Å². The lowest BCUT2D eigenvalue weighted by atomic mass is 10.0. The van der Waals surface area contributed by atoms with Crippen LogP contribution in [0.5, 0.6) is 0 Å². The van der Waals surface area contributed by atoms with Gasteiger partial charge in [-0.25, -0.2) is 0 Å². The molecule has 6 nitrogen and oxygen atoms in total. The van der Waals surface area contributed by atoms with Crippen LogP contribution in [0.3, 0.4) is 0 Å². The van der Waals surface area contributed by atoms with E-state index in [4.69, 9.17) is 15.0 Å². The third-order valence-corrected chi connectivity index (χ3v) is 3.40. The summed E-state index contributed by atoms with van der Waals surface area (Å²) in [6.07, 6.45) is 3.64. The van der Waals surface area contributed by atoms with Crippen LogP contribution < -0.4 is 5.73 Å². The number of nitrogens with two attached hydrogens (primary N) is 1. The highest BCUT2D eigenvalue weighted by Crippen LogP contribution is 2.34. The Morgan fingerprint density at radius 1 is 1.42 bits per heavy atom. The quantitative estimate of drug-likeness (QED) is 0.902. The molecule has 1 saturated heterocycles. The second-order valence-corrected chi connectivity index (χ2v) is 4.86. The maximum absolute atomic E-state index is 5.69. The Hall–Kier alpha value is -1.79. The van der Waals surface area contributed by atoms with Crippen molar-refractivity contribution in [1.82, 2.24) is 15.1 Å². The van der Waals surface area contributed by atoms with Gasteiger partial charge in [-0.05, 0) is 31.4 Å². The van der Waals surface area contributed by atoms with Gasteiger partial charge in [0.25, 0.3) is 5.89 Å². The summed E-state index contributed by atoms with van der Waals surface area (Å²) in [6.45, 7) is 3.19. The summed E-state index contributed by atoms with van der Waals surface area (Å²) in [4.78, 5) is 8.66. The smallest absolute Gasteiger partial charge is 0.276 e. The number of hydrogen-bond donors (Lipinski definition) is 1. The highest BCUT2D eigenvalue weighted by Gasteiger charge is 2.36. The van der Waals surface area contributed by atoms with E-state index in [-0.39, 0.29) is 0 Å². The van der Waals surface area contributed by atoms with Crippen LogP contribution in [0.15, 0.2) is 22.9 Å². The van der Waals surface area contributed by atoms with E-state index < -0.39 is 5.60 Å². The third-order valence-electron chi connectivity index (χ3n) is 3.40. The Morgan fingerprint density at radius 3 is 2.95 bits per heavy atom. The molecule has 2 N–H and O–H groups in total. The minimum atomic E-state index is -0.432. The van der Waals surface area contributed by atoms with E-state index in [1.54, 1.807) is 6.20 Å². The van der Waals surface area contributed by atoms with Crippen molar-refractivity contribution in [2.75, 3.05) is 6.61 Å². The van der Waals surface area contributed by atoms with Gasteiger partial charge in [-0.1, -0.05) is 11.2 Å². The second kappa shape index (κ2) is 4.71. The van der Waals surface area contributed by atoms with Crippen LogP contribution in [0.2, 0.25) is 0 Å². The zero-order valence-corrected chi connectivity index (χ0v) is 10.8. The molecule has 0 radical (unpaired) electrons. The van der Waals surface area contributed by atoms with Gasteiger partial charge in [0.15, 0.2) is 0 Å². The average Bonchev–Trinajstić information content (AvgIpc) is 3.08. The summed E-state index contributed by atoms with van der Waals surface area (Å²) in [7, 11) is 0. The van der Waals surface area contributed by atoms with Crippen molar-refractivity contribution in [1.29, 1.82) is 0 Å². The highest BCUT2D eigenvalue weighted by molar-refractivity contribution is 5.46. The van der Waals surface area contributed by atoms with Gasteiger partial charge in [0, 0.05) is 19.3 Å². The summed E-state index contributed by atoms with van der Waals surface area (Å²) in [5, 5.41) is 4.01. The van der Waals surface area contributed by atoms with E-state index in [1.807, 2.05) is 19.1 Å². The summed E-state index contributed by atoms with van der Waals surface area (Å²) in [5.41, 5.74) is 6.72. The first kappa shape index (κ1) is 12.3. The minimum absolute atomic E-state index is 0.412. The molecule has 0 aliphatic carbocycles. The Bertz CT molecular complexity index is 558. The van der Waals surface area contributed by atoms with E-state index in [0.29, 0.717) is 24.0 Å². The van der Waals surface area contributed by atoms with Gasteiger partial charge < -0.3 is 15.0 Å². The van der Waals surface area contributed by atoms with Crippen LogP contribution >= 0.6 is 0 Å². The van der Waals surface area contributed by atoms with Crippen molar-refractivity contribution in [3.63, 3.8) is 0 Å². The van der Waals surface area contributed by atoms with Crippen LogP contribution in [0.1, 0.15) is 31.2 Å². The molecule has 19 heavy (non-hydrogen) atoms. The zero-order chi connectivity index (χ0) is 13.3. The van der Waals surface area contributed by atoms with Gasteiger partial charge in [0.05, 0.1) is 0 Å². The molecule has 2 aromatic rings. The Kier molecular flexibility index (Phi) is 3.04. The van der Waals surface area contributed by atoms with Gasteiger partial charge in [-0.15, -0.1) is 0 Å². The van der Waals surface area contributed by atoms with Gasteiger partial charge in [-0.3, -0.25) is 4.98 Å². The van der Waals surface area contributed by atoms with Crippen molar-refractivity contribution in [3.8, 4) is 11.6 Å². The van der Waals surface area contributed by atoms with E-state index in [2.05, 4.69) is 15.1 Å². The van der Waals surface area contributed by atoms with Gasteiger partial charge in [0.2, 0.25) is 5.82 Å². The molecule has 0 bridgehead atoms. The highest BCUT2D eigenvalue weighted by atomic mass is 16.5. The van der Waals surface area contributed by atoms with Crippen molar-refractivity contribution < 1.29 is 9.26 Å². The lowest BCUT2D eigenvalue weighted by molar-refractivity contribution is 0.00768. The second-order valence-electron chi connectivity index (χ2n) is 4.86. The molecule has 1 fully saturated rings. The number of hydrogen-bond acceptors (Lipinski definition) is 6. The summed E-state index contributed by atoms with van der Waals surface area (Å²) in [5.74, 6) is 1.000. The number of ether oxygens (including phenoxy) is 1. The Morgan fingerprint density at radius 2 is 2.32 bits per heavy atom. The topological polar surface area (TPSA) is 87.1 Å². The van der Waals surface area contributed by atoms with Crippen LogP contribution in [0, 0.1) is 0 Å². The Balaban J connectivity index is 1.87. The first-order valence-electron chi connectivity index (χ1n) is 6.35. The molecule has 3 heterocycles. The van der Waals surface area contributed by atoms with E-state index in [0.717, 1.165) is 25.0 Å². The van der Waals surface area contributed by atoms with Crippen LogP contribution in [-0.4, -0.2) is 21.7 Å². The number of nitrogens with zero attached hydrogens (tertiary/aromatic N) is 3. The molecule has 1 atom stereocenters. The van der Waals surface area contributed by atoms with E-state index >= 15 is 0 Å². The molecular formula is C13H16N4O2. The van der Waals surface area contributed by atoms with Crippen molar-refractivity contribution in [3.05, 3.63) is 29.7 Å². The van der Waals surface area contributed by atoms with Crippen LogP contribution in [0.25, 0.3) is 11.6 Å². The molecule has 100 valence electrons. The molecule has 6 heteroatoms. The normalized spacial score (nSPS) is 22.8. The molecule has 0 spiro atoms. The van der Waals surface area contributed by atoms with E-state index in [1.165, 1.54) is 0 Å². The Labute approximate surface area is 111 Å². The number of rotatable bonds is 3. The molecular weight excluding hydrogens is 244 g/mol. The first-order valence-corrected chi connectivity index (χ1v) is 6.35. The predicted octanol–water partition coefficient (Wildman–Crippen LogP) is 1.62. The van der Waals surface area contributed by atoms with Crippen molar-refractivity contribution in [2.45, 2.75) is 31.9 Å². The van der Waals surface area contributed by atoms with Gasteiger partial charge >= 0.3 is 0 Å². The molecule has 2 aromatic heterocycles. The van der Waals surface area contributed by atoms with Crippen LogP contribution in [0.4, 0.5) is 0 Å². The fourth-order valence-corrected chi connectivity index (χ4v) is 2.17. The summed E-state index contributed by atoms with van der Waals surface area (Å²) in [6, 6.07) is 3.73. The molecule has 0 saturated carbocycles. The van der Waals surface area contributed by atoms with E-state index in [9.17, 15) is 0 Å². The zero-order valence-electron chi connectivity index (χ0n) is 10.8. The minimum Gasteiger partial charge on any atom is -0.367 e. The standard InChI is InChI=1S/C13H16N4O2/c1-13(5-2-6-18-13)12-16-11(19-17-12)10-4-3-9(7-14)8-15-10/h3-4,8H,2,5-7,14H2,1H3. The molecule has 3 rings (SSSR count). The first-order chi connectivity index (χ1) is 9.21. The lowest BCUT2D eigenvalue weighted by Crippen LogP contribution is -2.21. The average molecular weight is 260 g/mol. The van der Waals surface area contributed by atoms with Gasteiger partial charge in [0.1, 0.15) is 11.3 Å². The monoisotopic (exact) mass is 260 g/mol. The summed E-state index contributed by atoms with van der Waals surface area (Å²) < 4.78 is 11.0. The third kappa shape index (κ3) is 2.24. The predicted molar refractivity (Wildman–Crippen MR) is 68.0 cm³/mol. The van der Waals surface area contributed by atoms with Crippen molar-refractivity contribution >= 4 is 0 Å². The lowest BCUT2D eigenvalue weighted by Gasteiger charge is -2.17. The maximum Gasteiger partial charge on any atom is 0.276 e. The fourth-order valence-electron chi connectivity index (χ4n) is 2.17. The fraction of sp³-hybridized carbons (Fsp3) is 0.462. The molecule has 0 amide bonds. The molecule has 1 aliphatic rings. The largest absolute Gasteiger partial charge is 0.367 e. The SMILES string of the molecule is CC1(c2noc(-c3ccc(CN)cn3)n2)CCCO1. The molecule has 1 aliphatic heterocycles. The van der Waals surface area contributed by atoms with Crippen molar-refractivity contribution in [2.24, 2.45) is 5.73 Å². The number of aromatic nitrogens is 3. The molecule has 1 unspecified atom stereocenters. The number of pyridine rings is 1.